The molecule has 182 valence electrons. The summed E-state index contributed by atoms with van der Waals surface area (Å²) in [6, 6.07) is 15.0. The molecule has 0 bridgehead atoms. The molecule has 3 aromatic rings. The van der Waals surface area contributed by atoms with Gasteiger partial charge in [-0.15, -0.1) is 0 Å². The molecule has 0 atom stereocenters. The molecule has 10 heteroatoms. The van der Waals surface area contributed by atoms with Gasteiger partial charge in [-0.25, -0.2) is 4.39 Å². The number of hydrogen-bond acceptors (Lipinski definition) is 6. The van der Waals surface area contributed by atoms with Crippen molar-refractivity contribution in [3.05, 3.63) is 77.6 Å². The van der Waals surface area contributed by atoms with E-state index in [4.69, 9.17) is 14.2 Å². The average molecular weight is 481 g/mol. The first kappa shape index (κ1) is 25.0. The molecular weight excluding hydrogens is 457 g/mol. The van der Waals surface area contributed by atoms with Gasteiger partial charge in [0, 0.05) is 18.3 Å². The maximum atomic E-state index is 13.9. The monoisotopic (exact) mass is 481 g/mol. The highest BCUT2D eigenvalue weighted by molar-refractivity contribution is 6.05. The van der Waals surface area contributed by atoms with Crippen LogP contribution in [-0.2, 0) is 4.79 Å². The van der Waals surface area contributed by atoms with Gasteiger partial charge in [-0.3, -0.25) is 14.4 Å². The molecule has 3 aromatic carbocycles. The fourth-order valence-electron chi connectivity index (χ4n) is 3.12. The number of rotatable bonds is 9. The van der Waals surface area contributed by atoms with Crippen LogP contribution < -0.4 is 30.2 Å². The minimum absolute atomic E-state index is 0.196. The molecule has 0 aliphatic rings. The van der Waals surface area contributed by atoms with Crippen molar-refractivity contribution >= 4 is 29.1 Å². The number of benzene rings is 3. The summed E-state index contributed by atoms with van der Waals surface area (Å²) < 4.78 is 29.9. The number of para-hydroxylation sites is 2. The zero-order chi connectivity index (χ0) is 25.4. The van der Waals surface area contributed by atoms with Gasteiger partial charge in [0.05, 0.1) is 25.5 Å². The molecule has 0 aliphatic carbocycles. The number of hydrogen-bond donors (Lipinski definition) is 3. The quantitative estimate of drug-likeness (QED) is 0.431. The second kappa shape index (κ2) is 11.5. The van der Waals surface area contributed by atoms with E-state index in [1.165, 1.54) is 51.6 Å². The van der Waals surface area contributed by atoms with Gasteiger partial charge in [-0.1, -0.05) is 12.1 Å². The van der Waals surface area contributed by atoms with Gasteiger partial charge in [-0.05, 0) is 48.5 Å². The molecule has 0 saturated heterocycles. The van der Waals surface area contributed by atoms with Crippen LogP contribution >= 0.6 is 0 Å². The van der Waals surface area contributed by atoms with E-state index < -0.39 is 23.5 Å². The lowest BCUT2D eigenvalue weighted by molar-refractivity contribution is -0.118. The Morgan fingerprint density at radius 1 is 0.829 bits per heavy atom. The van der Waals surface area contributed by atoms with Crippen molar-refractivity contribution < 1.29 is 33.0 Å². The minimum atomic E-state index is -0.708. The molecule has 0 aromatic heterocycles. The predicted octanol–water partition coefficient (Wildman–Crippen LogP) is 3.47. The number of carbonyl (C=O) groups is 3. The molecular formula is C25H24FN3O6. The Morgan fingerprint density at radius 2 is 1.57 bits per heavy atom. The van der Waals surface area contributed by atoms with E-state index in [1.54, 1.807) is 24.3 Å². The summed E-state index contributed by atoms with van der Waals surface area (Å²) in [5.74, 6) is -1.26. The van der Waals surface area contributed by atoms with Gasteiger partial charge in [0.2, 0.25) is 0 Å². The standard InChI is InChI=1S/C25H24FN3O6/c1-27-25(32)17-13-16(9-10-18(17)26)28-24(31)15-8-11-21(22(12-15)34-3)35-14-23(30)29-19-6-4-5-7-20(19)33-2/h4-13H,14H2,1-3H3,(H,27,32)(H,28,31)(H,29,30). The SMILES string of the molecule is CNC(=O)c1cc(NC(=O)c2ccc(OCC(=O)Nc3ccccc3OC)c(OC)c2)ccc1F. The Morgan fingerprint density at radius 3 is 2.29 bits per heavy atom. The molecule has 3 rings (SSSR count). The summed E-state index contributed by atoms with van der Waals surface area (Å²) in [5.41, 5.74) is 0.766. The zero-order valence-electron chi connectivity index (χ0n) is 19.3. The summed E-state index contributed by atoms with van der Waals surface area (Å²) in [5, 5.41) is 7.64. The lowest BCUT2D eigenvalue weighted by atomic mass is 10.1. The van der Waals surface area contributed by atoms with Crippen LogP contribution in [-0.4, -0.2) is 45.6 Å². The number of ether oxygens (including phenoxy) is 3. The Labute approximate surface area is 201 Å². The second-order valence-corrected chi connectivity index (χ2v) is 7.13. The van der Waals surface area contributed by atoms with Gasteiger partial charge >= 0.3 is 0 Å². The van der Waals surface area contributed by atoms with Crippen LogP contribution in [0.2, 0.25) is 0 Å². The van der Waals surface area contributed by atoms with Crippen LogP contribution in [0, 0.1) is 5.82 Å². The van der Waals surface area contributed by atoms with Crippen LogP contribution in [0.1, 0.15) is 20.7 Å². The molecule has 35 heavy (non-hydrogen) atoms. The van der Waals surface area contributed by atoms with Gasteiger partial charge in [0.1, 0.15) is 11.6 Å². The zero-order valence-corrected chi connectivity index (χ0v) is 19.3. The van der Waals surface area contributed by atoms with E-state index in [-0.39, 0.29) is 34.9 Å². The number of carbonyl (C=O) groups excluding carboxylic acids is 3. The molecule has 0 aliphatic heterocycles. The first-order chi connectivity index (χ1) is 16.9. The van der Waals surface area contributed by atoms with E-state index in [9.17, 15) is 18.8 Å². The molecule has 0 heterocycles. The highest BCUT2D eigenvalue weighted by atomic mass is 19.1. The van der Waals surface area contributed by atoms with E-state index in [0.717, 1.165) is 6.07 Å². The molecule has 0 saturated carbocycles. The fraction of sp³-hybridized carbons (Fsp3) is 0.160. The molecule has 3 N–H and O–H groups in total. The summed E-state index contributed by atoms with van der Waals surface area (Å²) in [6.07, 6.45) is 0. The van der Waals surface area contributed by atoms with E-state index in [1.807, 2.05) is 0 Å². The maximum absolute atomic E-state index is 13.9. The van der Waals surface area contributed by atoms with Crippen molar-refractivity contribution in [1.29, 1.82) is 0 Å². The first-order valence-corrected chi connectivity index (χ1v) is 10.4. The lowest BCUT2D eigenvalue weighted by Crippen LogP contribution is -2.21. The Balaban J connectivity index is 1.67. The number of anilines is 2. The second-order valence-electron chi connectivity index (χ2n) is 7.13. The molecule has 0 unspecified atom stereocenters. The summed E-state index contributed by atoms with van der Waals surface area (Å²) in [4.78, 5) is 36.8. The van der Waals surface area contributed by atoms with E-state index >= 15 is 0 Å². The van der Waals surface area contributed by atoms with E-state index in [2.05, 4.69) is 16.0 Å². The van der Waals surface area contributed by atoms with Crippen molar-refractivity contribution in [1.82, 2.24) is 5.32 Å². The van der Waals surface area contributed by atoms with Crippen molar-refractivity contribution in [3.8, 4) is 17.2 Å². The maximum Gasteiger partial charge on any atom is 0.262 e. The van der Waals surface area contributed by atoms with Crippen molar-refractivity contribution in [2.75, 3.05) is 38.5 Å². The normalized spacial score (nSPS) is 10.2. The smallest absolute Gasteiger partial charge is 0.262 e. The fourth-order valence-corrected chi connectivity index (χ4v) is 3.12. The summed E-state index contributed by atoms with van der Waals surface area (Å²) >= 11 is 0. The number of halogens is 1. The first-order valence-electron chi connectivity index (χ1n) is 10.4. The van der Waals surface area contributed by atoms with Crippen LogP contribution in [0.5, 0.6) is 17.2 Å². The molecule has 9 nitrogen and oxygen atoms in total. The third-order valence-corrected chi connectivity index (χ3v) is 4.86. The minimum Gasteiger partial charge on any atom is -0.495 e. The van der Waals surface area contributed by atoms with Gasteiger partial charge in [-0.2, -0.15) is 0 Å². The highest BCUT2D eigenvalue weighted by Gasteiger charge is 2.16. The van der Waals surface area contributed by atoms with Crippen molar-refractivity contribution in [3.63, 3.8) is 0 Å². The summed E-state index contributed by atoms with van der Waals surface area (Å²) in [6.45, 7) is -0.308. The highest BCUT2D eigenvalue weighted by Crippen LogP contribution is 2.29. The molecule has 0 spiro atoms. The Hall–Kier alpha value is -4.60. The molecule has 0 fully saturated rings. The third kappa shape index (κ3) is 6.26. The summed E-state index contributed by atoms with van der Waals surface area (Å²) in [7, 11) is 4.28. The average Bonchev–Trinajstić information content (AvgIpc) is 2.88. The molecule has 0 radical (unpaired) electrons. The molecule has 3 amide bonds. The number of amides is 3. The van der Waals surface area contributed by atoms with Crippen molar-refractivity contribution in [2.24, 2.45) is 0 Å². The van der Waals surface area contributed by atoms with E-state index in [0.29, 0.717) is 11.4 Å². The third-order valence-electron chi connectivity index (χ3n) is 4.86. The Bertz CT molecular complexity index is 1250. The van der Waals surface area contributed by atoms with Crippen LogP contribution in [0.15, 0.2) is 60.7 Å². The van der Waals surface area contributed by atoms with Gasteiger partial charge in [0.15, 0.2) is 18.1 Å². The number of nitrogens with one attached hydrogen (secondary N) is 3. The topological polar surface area (TPSA) is 115 Å². The van der Waals surface area contributed by atoms with Crippen molar-refractivity contribution in [2.45, 2.75) is 0 Å². The predicted molar refractivity (Wildman–Crippen MR) is 128 cm³/mol. The largest absolute Gasteiger partial charge is 0.495 e. The van der Waals surface area contributed by atoms with Crippen LogP contribution in [0.25, 0.3) is 0 Å². The van der Waals surface area contributed by atoms with Crippen LogP contribution in [0.4, 0.5) is 15.8 Å². The van der Waals surface area contributed by atoms with Gasteiger partial charge in [0.25, 0.3) is 17.7 Å². The lowest BCUT2D eigenvalue weighted by Gasteiger charge is -2.13. The van der Waals surface area contributed by atoms with Crippen LogP contribution in [0.3, 0.4) is 0 Å². The number of methoxy groups -OCH3 is 2. The Kier molecular flexibility index (Phi) is 8.23. The van der Waals surface area contributed by atoms with Gasteiger partial charge < -0.3 is 30.2 Å².